The first-order valence-corrected chi connectivity index (χ1v) is 6.78. The zero-order valence-electron chi connectivity index (χ0n) is 11.0. The summed E-state index contributed by atoms with van der Waals surface area (Å²) < 4.78 is 0. The predicted octanol–water partition coefficient (Wildman–Crippen LogP) is 2.78. The molecule has 2 N–H and O–H groups in total. The van der Waals surface area contributed by atoms with Gasteiger partial charge in [0.1, 0.15) is 0 Å². The van der Waals surface area contributed by atoms with Crippen LogP contribution in [-0.4, -0.2) is 17.6 Å². The topological polar surface area (TPSA) is 54.0 Å². The first kappa shape index (κ1) is 14.3. The highest BCUT2D eigenvalue weighted by atomic mass is 35.5. The fraction of sp³-hybridized carbons (Fsp3) is 0.200. The van der Waals surface area contributed by atoms with Crippen LogP contribution in [0.2, 0.25) is 5.02 Å². The molecule has 4 nitrogen and oxygen atoms in total. The molecule has 0 atom stereocenters. The minimum atomic E-state index is -0.197. The number of pyridine rings is 1. The van der Waals surface area contributed by atoms with Gasteiger partial charge in [0.25, 0.3) is 0 Å². The number of aromatic nitrogens is 1. The maximum Gasteiger partial charge on any atom is 0.315 e. The summed E-state index contributed by atoms with van der Waals surface area (Å²) in [6.07, 6.45) is 2.45. The average molecular weight is 290 g/mol. The van der Waals surface area contributed by atoms with Crippen molar-refractivity contribution in [2.45, 2.75) is 13.0 Å². The Bertz CT molecular complexity index is 560. The second-order valence-electron chi connectivity index (χ2n) is 4.31. The lowest BCUT2D eigenvalue weighted by Gasteiger charge is -2.07. The summed E-state index contributed by atoms with van der Waals surface area (Å²) in [5, 5.41) is 6.27. The average Bonchev–Trinajstić information content (AvgIpc) is 2.46. The number of nitrogens with one attached hydrogen (secondary N) is 2. The van der Waals surface area contributed by atoms with Crippen LogP contribution in [0.1, 0.15) is 11.3 Å². The third-order valence-corrected chi connectivity index (χ3v) is 2.98. The predicted molar refractivity (Wildman–Crippen MR) is 79.6 cm³/mol. The van der Waals surface area contributed by atoms with E-state index in [9.17, 15) is 4.79 Å². The quantitative estimate of drug-likeness (QED) is 0.889. The highest BCUT2D eigenvalue weighted by Gasteiger charge is 2.01. The molecule has 2 aromatic rings. The molecule has 0 bridgehead atoms. The summed E-state index contributed by atoms with van der Waals surface area (Å²) in [6, 6.07) is 13.0. The van der Waals surface area contributed by atoms with Crippen molar-refractivity contribution in [1.29, 1.82) is 0 Å². The van der Waals surface area contributed by atoms with E-state index >= 15 is 0 Å². The van der Waals surface area contributed by atoms with E-state index < -0.39 is 0 Å². The van der Waals surface area contributed by atoms with E-state index in [4.69, 9.17) is 11.6 Å². The summed E-state index contributed by atoms with van der Waals surface area (Å²) in [4.78, 5) is 15.7. The van der Waals surface area contributed by atoms with Crippen LogP contribution in [0, 0.1) is 0 Å². The van der Waals surface area contributed by atoms with E-state index in [0.717, 1.165) is 17.7 Å². The lowest BCUT2D eigenvalue weighted by molar-refractivity contribution is 0.240. The van der Waals surface area contributed by atoms with Gasteiger partial charge in [-0.1, -0.05) is 29.8 Å². The van der Waals surface area contributed by atoms with Crippen molar-refractivity contribution >= 4 is 17.6 Å². The van der Waals surface area contributed by atoms with Crippen LogP contribution >= 0.6 is 11.6 Å². The standard InChI is InChI=1S/C15H16ClN3O/c16-13-5-3-4-12(10-13)7-9-18-15(20)19-11-14-6-1-2-8-17-14/h1-6,8,10H,7,9,11H2,(H2,18,19,20). The van der Waals surface area contributed by atoms with E-state index in [1.54, 1.807) is 6.20 Å². The van der Waals surface area contributed by atoms with Crippen LogP contribution in [0.25, 0.3) is 0 Å². The molecule has 0 saturated carbocycles. The van der Waals surface area contributed by atoms with Crippen molar-refractivity contribution in [2.24, 2.45) is 0 Å². The molecule has 0 aliphatic heterocycles. The SMILES string of the molecule is O=C(NCCc1cccc(Cl)c1)NCc1ccccn1. The summed E-state index contributed by atoms with van der Waals surface area (Å²) >= 11 is 5.90. The highest BCUT2D eigenvalue weighted by Crippen LogP contribution is 2.10. The molecule has 2 amide bonds. The zero-order valence-corrected chi connectivity index (χ0v) is 11.7. The van der Waals surface area contributed by atoms with Crippen molar-refractivity contribution in [3.63, 3.8) is 0 Å². The molecular formula is C15H16ClN3O. The molecule has 0 aliphatic carbocycles. The Hall–Kier alpha value is -2.07. The van der Waals surface area contributed by atoms with Gasteiger partial charge in [0.15, 0.2) is 0 Å². The van der Waals surface area contributed by atoms with Gasteiger partial charge < -0.3 is 10.6 Å². The summed E-state index contributed by atoms with van der Waals surface area (Å²) in [6.45, 7) is 0.984. The number of nitrogens with zero attached hydrogens (tertiary/aromatic N) is 1. The number of carbonyl (C=O) groups excluding carboxylic acids is 1. The fourth-order valence-corrected chi connectivity index (χ4v) is 1.96. The lowest BCUT2D eigenvalue weighted by Crippen LogP contribution is -2.36. The smallest absolute Gasteiger partial charge is 0.315 e. The van der Waals surface area contributed by atoms with Gasteiger partial charge in [0.05, 0.1) is 12.2 Å². The molecule has 104 valence electrons. The number of rotatable bonds is 5. The second kappa shape index (κ2) is 7.50. The maximum absolute atomic E-state index is 11.6. The normalized spacial score (nSPS) is 10.1. The second-order valence-corrected chi connectivity index (χ2v) is 4.75. The number of carbonyl (C=O) groups is 1. The molecule has 20 heavy (non-hydrogen) atoms. The Balaban J connectivity index is 1.68. The number of urea groups is 1. The van der Waals surface area contributed by atoms with E-state index in [-0.39, 0.29) is 6.03 Å². The third kappa shape index (κ3) is 4.90. The van der Waals surface area contributed by atoms with Crippen molar-refractivity contribution in [2.75, 3.05) is 6.54 Å². The Labute approximate surface area is 123 Å². The molecular weight excluding hydrogens is 274 g/mol. The molecule has 0 unspecified atom stereocenters. The van der Waals surface area contributed by atoms with Gasteiger partial charge in [-0.15, -0.1) is 0 Å². The minimum Gasteiger partial charge on any atom is -0.338 e. The van der Waals surface area contributed by atoms with Crippen molar-refractivity contribution in [3.05, 3.63) is 64.9 Å². The molecule has 0 saturated heterocycles. The summed E-state index contributed by atoms with van der Waals surface area (Å²) in [5.74, 6) is 0. The van der Waals surface area contributed by atoms with Gasteiger partial charge in [-0.2, -0.15) is 0 Å². The highest BCUT2D eigenvalue weighted by molar-refractivity contribution is 6.30. The number of hydrogen-bond donors (Lipinski definition) is 2. The first-order valence-electron chi connectivity index (χ1n) is 6.40. The van der Waals surface area contributed by atoms with Gasteiger partial charge in [-0.3, -0.25) is 4.98 Å². The monoisotopic (exact) mass is 289 g/mol. The first-order chi connectivity index (χ1) is 9.74. The number of amides is 2. The largest absolute Gasteiger partial charge is 0.338 e. The number of hydrogen-bond acceptors (Lipinski definition) is 2. The van der Waals surface area contributed by atoms with Crippen LogP contribution in [0.15, 0.2) is 48.7 Å². The molecule has 0 aliphatic rings. The molecule has 0 spiro atoms. The molecule has 0 fully saturated rings. The van der Waals surface area contributed by atoms with Crippen molar-refractivity contribution < 1.29 is 4.79 Å². The molecule has 1 aromatic heterocycles. The van der Waals surface area contributed by atoms with Crippen molar-refractivity contribution in [1.82, 2.24) is 15.6 Å². The van der Waals surface area contributed by atoms with Crippen LogP contribution in [0.5, 0.6) is 0 Å². The minimum absolute atomic E-state index is 0.197. The maximum atomic E-state index is 11.6. The zero-order chi connectivity index (χ0) is 14.2. The molecule has 2 rings (SSSR count). The fourth-order valence-electron chi connectivity index (χ4n) is 1.75. The molecule has 1 aromatic carbocycles. The lowest BCUT2D eigenvalue weighted by atomic mass is 10.1. The van der Waals surface area contributed by atoms with Gasteiger partial charge in [-0.25, -0.2) is 4.79 Å². The molecule has 0 radical (unpaired) electrons. The third-order valence-electron chi connectivity index (χ3n) is 2.74. The van der Waals surface area contributed by atoms with Gasteiger partial charge in [-0.05, 0) is 36.2 Å². The van der Waals surface area contributed by atoms with E-state index in [1.807, 2.05) is 42.5 Å². The van der Waals surface area contributed by atoms with Crippen LogP contribution in [0.3, 0.4) is 0 Å². The summed E-state index contributed by atoms with van der Waals surface area (Å²) in [7, 11) is 0. The van der Waals surface area contributed by atoms with Gasteiger partial charge in [0, 0.05) is 17.8 Å². The van der Waals surface area contributed by atoms with Crippen LogP contribution < -0.4 is 10.6 Å². The van der Waals surface area contributed by atoms with Crippen molar-refractivity contribution in [3.8, 4) is 0 Å². The van der Waals surface area contributed by atoms with E-state index in [2.05, 4.69) is 15.6 Å². The Morgan fingerprint density at radius 3 is 2.80 bits per heavy atom. The Morgan fingerprint density at radius 2 is 2.05 bits per heavy atom. The van der Waals surface area contributed by atoms with Crippen LogP contribution in [0.4, 0.5) is 4.79 Å². The summed E-state index contributed by atoms with van der Waals surface area (Å²) in [5.41, 5.74) is 1.93. The van der Waals surface area contributed by atoms with E-state index in [0.29, 0.717) is 18.1 Å². The molecule has 5 heteroatoms. The Morgan fingerprint density at radius 1 is 1.15 bits per heavy atom. The number of benzene rings is 1. The van der Waals surface area contributed by atoms with E-state index in [1.165, 1.54) is 0 Å². The number of halogens is 1. The van der Waals surface area contributed by atoms with Crippen LogP contribution in [-0.2, 0) is 13.0 Å². The molecule has 1 heterocycles. The van der Waals surface area contributed by atoms with Gasteiger partial charge >= 0.3 is 6.03 Å². The Kier molecular flexibility index (Phi) is 5.38. The van der Waals surface area contributed by atoms with Gasteiger partial charge in [0.2, 0.25) is 0 Å².